The lowest BCUT2D eigenvalue weighted by molar-refractivity contribution is -0.823. The van der Waals surface area contributed by atoms with E-state index < -0.39 is 75.4 Å². The van der Waals surface area contributed by atoms with Crippen molar-refractivity contribution in [3.63, 3.8) is 0 Å². The Hall–Kier alpha value is -4.11. The number of allylic oxidation sites excluding steroid dienone is 8. The molecule has 0 radical (unpaired) electrons. The zero-order valence-electron chi connectivity index (χ0n) is 43.4. The standard InChI is InChI=1S/C19H24FN3O5S.C19H23FN2O3.C7H15N2O2S.C6H12N2.ClH/c1-10-5-12(6-11(10)2)18(24)14-8-22-4-3-15(14)23-16-7-13(19(25)17(16)20)9-28-29(21,26)27;1-10-5-12(6-11(10)2)18(24)14-8-21-4-3-15(14)22-16-7-13(9-23)19(25)17(16)20;1-12(10,11)9-5-2-8(3-6-9)4-7-9;1-2-8-5-3-7(1)4-6-8;/h3-5,8,13,16-17,19,25H,6-7,9H2,1-2H3,(H,22,23)(H2,21,26,27);3-5,8,13,16-17,19,23,25H,6-7,9H2,1-2H3,(H,21,22);2-7H2,1H3;1-6H2;1H/q;;+1;;/t2*13-,16-,17-,19-;;;/m11.../s1. The first-order valence-corrected chi connectivity index (χ1v) is 28.7. The van der Waals surface area contributed by atoms with Crippen molar-refractivity contribution in [2.75, 3.05) is 109 Å². The Morgan fingerprint density at radius 3 is 1.41 bits per heavy atom. The van der Waals surface area contributed by atoms with E-state index in [1.165, 1.54) is 64.1 Å². The second-order valence-corrected chi connectivity index (χ2v) is 24.4. The predicted octanol–water partition coefficient (Wildman–Crippen LogP) is 3.20. The molecule has 75 heavy (non-hydrogen) atoms. The van der Waals surface area contributed by atoms with E-state index in [4.69, 9.17) is 5.14 Å². The smallest absolute Gasteiger partial charge is 0.333 e. The van der Waals surface area contributed by atoms with Crippen molar-refractivity contribution in [1.82, 2.24) is 24.7 Å². The molecule has 6 aliphatic heterocycles. The van der Waals surface area contributed by atoms with Crippen molar-refractivity contribution in [2.24, 2.45) is 17.0 Å². The second-order valence-electron chi connectivity index (χ2n) is 20.9. The van der Waals surface area contributed by atoms with Gasteiger partial charge in [-0.3, -0.25) is 38.4 Å². The molecule has 8 fully saturated rings. The lowest BCUT2D eigenvalue weighted by atomic mass is 10.0. The number of sulfonamides is 1. The van der Waals surface area contributed by atoms with Crippen LogP contribution in [0, 0.1) is 11.8 Å². The van der Waals surface area contributed by atoms with Crippen molar-refractivity contribution >= 4 is 55.7 Å². The Morgan fingerprint density at radius 1 is 0.707 bits per heavy atom. The number of nitrogens with zero attached hydrogens (tertiary/aromatic N) is 6. The Kier molecular flexibility index (Phi) is 20.5. The minimum absolute atomic E-state index is 0. The number of hydrogen-bond donors (Lipinski definition) is 6. The number of halogens is 3. The largest absolute Gasteiger partial charge is 0.396 e. The van der Waals surface area contributed by atoms with Gasteiger partial charge in [0.2, 0.25) is 0 Å². The number of hydrogen-bond acceptors (Lipinski definition) is 17. The summed E-state index contributed by atoms with van der Waals surface area (Å²) >= 11 is 0. The van der Waals surface area contributed by atoms with E-state index in [0.717, 1.165) is 61.6 Å². The molecule has 24 heteroatoms. The quantitative estimate of drug-likeness (QED) is 0.124. The van der Waals surface area contributed by atoms with Crippen LogP contribution >= 0.6 is 12.4 Å². The maximum Gasteiger partial charge on any atom is 0.333 e. The van der Waals surface area contributed by atoms with E-state index in [2.05, 4.69) is 39.5 Å². The van der Waals surface area contributed by atoms with Crippen molar-refractivity contribution in [3.8, 4) is 0 Å². The number of Topliss-reactive ketones (excluding diaryl/α,β-unsaturated/α-hetero) is 2. The summed E-state index contributed by atoms with van der Waals surface area (Å²) in [6.07, 6.45) is 6.82. The molecule has 2 aromatic rings. The molecule has 416 valence electrons. The van der Waals surface area contributed by atoms with E-state index in [0.29, 0.717) is 56.8 Å². The number of aromatic nitrogens is 2. The average Bonchev–Trinajstić information content (AvgIpc) is 4.09. The van der Waals surface area contributed by atoms with Gasteiger partial charge in [0.15, 0.2) is 11.6 Å². The Morgan fingerprint density at radius 2 is 1.09 bits per heavy atom. The van der Waals surface area contributed by atoms with Gasteiger partial charge in [-0.05, 0) is 65.5 Å². The number of quaternary nitrogens is 1. The van der Waals surface area contributed by atoms with E-state index in [-0.39, 0.29) is 37.0 Å². The van der Waals surface area contributed by atoms with Crippen LogP contribution in [-0.2, 0) is 24.5 Å². The monoisotopic (exact) mass is 1110 g/mol. The van der Waals surface area contributed by atoms with Gasteiger partial charge in [-0.15, -0.1) is 12.4 Å². The molecular formula is C51H75ClF2N9O10S2+. The molecular weight excluding hydrogens is 1040 g/mol. The summed E-state index contributed by atoms with van der Waals surface area (Å²) in [5.41, 5.74) is 7.37. The van der Waals surface area contributed by atoms with Gasteiger partial charge in [0.05, 0.1) is 48.3 Å². The van der Waals surface area contributed by atoms with Crippen molar-refractivity contribution in [1.29, 1.82) is 0 Å². The van der Waals surface area contributed by atoms with E-state index in [1.807, 2.05) is 39.8 Å². The third kappa shape index (κ3) is 14.7. The van der Waals surface area contributed by atoms with Crippen LogP contribution in [0.5, 0.6) is 0 Å². The molecule has 8 heterocycles. The first kappa shape index (κ1) is 60.1. The van der Waals surface area contributed by atoms with E-state index >= 15 is 0 Å². The molecule has 8 atom stereocenters. The van der Waals surface area contributed by atoms with Crippen LogP contribution in [0.2, 0.25) is 0 Å². The Balaban J connectivity index is 0.000000178. The van der Waals surface area contributed by atoms with Crippen LogP contribution in [0.1, 0.15) is 74.1 Å². The van der Waals surface area contributed by atoms with E-state index in [9.17, 15) is 50.5 Å². The third-order valence-electron chi connectivity index (χ3n) is 16.0. The molecule has 0 unspecified atom stereocenters. The van der Waals surface area contributed by atoms with Gasteiger partial charge >= 0.3 is 10.3 Å². The highest BCUT2D eigenvalue weighted by Crippen LogP contribution is 2.36. The molecule has 19 nitrogen and oxygen atoms in total. The fraction of sp³-hybridized carbons (Fsp3) is 0.608. The highest BCUT2D eigenvalue weighted by molar-refractivity contribution is 7.85. The molecule has 4 aliphatic carbocycles. The number of nitrogens with two attached hydrogens (primary N) is 1. The van der Waals surface area contributed by atoms with E-state index in [1.54, 1.807) is 18.3 Å². The van der Waals surface area contributed by atoms with Crippen LogP contribution in [0.25, 0.3) is 0 Å². The lowest BCUT2D eigenvalue weighted by Crippen LogP contribution is -2.68. The number of aliphatic hydroxyl groups is 3. The molecule has 10 aliphatic rings. The van der Waals surface area contributed by atoms with Crippen LogP contribution in [-0.4, -0.2) is 207 Å². The SMILES string of the molecule is C1CN2CCN1CC2.CC1=C(C)CC(C(=O)c2cnccc2N[C@@H]2C[C@H](CO)[C@@H](O)[C@@H]2F)=C1.CC1=C(C)CC(C(=O)c2cnccc2N[C@@H]2C[C@H](COS(N)(=O)=O)[C@@H](O)[C@@H]2F)=C1.CS(=O)(=O)[N+]12CCN(CC1)CC2.Cl. The van der Waals surface area contributed by atoms with Crippen molar-refractivity contribution in [3.05, 3.63) is 93.6 Å². The third-order valence-corrected chi connectivity index (χ3v) is 18.4. The first-order chi connectivity index (χ1) is 35.0. The molecule has 0 amide bonds. The number of rotatable bonds is 13. The second kappa shape index (κ2) is 25.6. The Labute approximate surface area is 446 Å². The molecule has 4 bridgehead atoms. The van der Waals surface area contributed by atoms with Crippen LogP contribution < -0.4 is 15.8 Å². The summed E-state index contributed by atoms with van der Waals surface area (Å²) in [5.74, 6) is -1.58. The number of nitrogens with one attached hydrogen (secondary N) is 2. The molecule has 6 saturated heterocycles. The topological polar surface area (TPSA) is 258 Å². The highest BCUT2D eigenvalue weighted by atomic mass is 35.5. The highest BCUT2D eigenvalue weighted by Gasteiger charge is 2.47. The maximum atomic E-state index is 14.6. The number of alkyl halides is 2. The number of carbonyl (C=O) groups is 2. The summed E-state index contributed by atoms with van der Waals surface area (Å²) < 4.78 is 78.7. The van der Waals surface area contributed by atoms with Crippen molar-refractivity contribution in [2.45, 2.75) is 90.0 Å². The number of fused-ring (bicyclic) bond motifs is 6. The van der Waals surface area contributed by atoms with Crippen LogP contribution in [0.3, 0.4) is 0 Å². The number of anilines is 2. The fourth-order valence-electron chi connectivity index (χ4n) is 10.8. The summed E-state index contributed by atoms with van der Waals surface area (Å²) in [5, 5.41) is 40.0. The number of pyridine rings is 2. The van der Waals surface area contributed by atoms with Gasteiger partial charge in [-0.25, -0.2) is 17.8 Å². The maximum absolute atomic E-state index is 14.6. The normalized spacial score (nSPS) is 31.7. The zero-order valence-corrected chi connectivity index (χ0v) is 45.9. The number of ketones is 2. The summed E-state index contributed by atoms with van der Waals surface area (Å²) in [6, 6.07) is 1.73. The molecule has 2 saturated carbocycles. The van der Waals surface area contributed by atoms with Gasteiger partial charge in [0.1, 0.15) is 32.0 Å². The first-order valence-electron chi connectivity index (χ1n) is 25.4. The molecule has 12 rings (SSSR count). The number of carbonyl (C=O) groups excluding carboxylic acids is 2. The summed E-state index contributed by atoms with van der Waals surface area (Å²) in [4.78, 5) is 41.2. The lowest BCUT2D eigenvalue weighted by Gasteiger charge is -2.47. The minimum Gasteiger partial charge on any atom is -0.396 e. The molecule has 0 spiro atoms. The molecule has 2 aromatic heterocycles. The van der Waals surface area contributed by atoms with Gasteiger partial charge in [-0.1, -0.05) is 34.4 Å². The fourth-order valence-corrected chi connectivity index (χ4v) is 12.4. The minimum atomic E-state index is -4.18. The van der Waals surface area contributed by atoms with Gasteiger partial charge in [0, 0.05) is 125 Å². The number of piperazine rings is 6. The van der Waals surface area contributed by atoms with Crippen LogP contribution in [0.4, 0.5) is 20.2 Å². The molecule has 7 N–H and O–H groups in total. The average molecular weight is 1110 g/mol. The Bertz CT molecular complexity index is 2700. The summed E-state index contributed by atoms with van der Waals surface area (Å²) in [7, 11) is -7.07. The zero-order chi connectivity index (χ0) is 53.7. The summed E-state index contributed by atoms with van der Waals surface area (Å²) in [6.45, 7) is 20.3. The predicted molar refractivity (Wildman–Crippen MR) is 285 cm³/mol. The van der Waals surface area contributed by atoms with Crippen molar-refractivity contribution < 1.29 is 58.6 Å². The van der Waals surface area contributed by atoms with Gasteiger partial charge < -0.3 is 26.0 Å². The molecule has 0 aromatic carbocycles. The van der Waals surface area contributed by atoms with Gasteiger partial charge in [0.25, 0.3) is 10.0 Å². The van der Waals surface area contributed by atoms with Crippen LogP contribution in [0.15, 0.2) is 82.5 Å². The van der Waals surface area contributed by atoms with Gasteiger partial charge in [-0.2, -0.15) is 16.8 Å². The number of aliphatic hydroxyl groups excluding tert-OH is 3.